The quantitative estimate of drug-likeness (QED) is 0.144. The summed E-state index contributed by atoms with van der Waals surface area (Å²) in [6.45, 7) is 8.27. The molecule has 1 aliphatic heterocycles. The van der Waals surface area contributed by atoms with Gasteiger partial charge in [0.15, 0.2) is 6.23 Å². The minimum atomic E-state index is -0.558. The van der Waals surface area contributed by atoms with E-state index >= 15 is 4.39 Å². The van der Waals surface area contributed by atoms with Gasteiger partial charge in [0.05, 0.1) is 18.0 Å². The maximum absolute atomic E-state index is 15.5. The van der Waals surface area contributed by atoms with Crippen molar-refractivity contribution in [2.24, 2.45) is 5.92 Å². The van der Waals surface area contributed by atoms with E-state index in [-0.39, 0.29) is 12.2 Å². The molecule has 0 spiro atoms. The Kier molecular flexibility index (Phi) is 9.09. The third-order valence-electron chi connectivity index (χ3n) is 8.76. The normalized spacial score (nSPS) is 18.0. The highest BCUT2D eigenvalue weighted by Crippen LogP contribution is 2.46. The number of ether oxygens (including phenoxy) is 3. The number of aryl methyl sites for hydroxylation is 1. The van der Waals surface area contributed by atoms with Gasteiger partial charge in [-0.2, -0.15) is 4.39 Å². The second kappa shape index (κ2) is 13.2. The van der Waals surface area contributed by atoms with Crippen LogP contribution in [0.15, 0.2) is 60.8 Å². The molecule has 3 heterocycles. The van der Waals surface area contributed by atoms with Crippen LogP contribution in [0, 0.1) is 18.8 Å². The molecule has 1 atom stereocenters. The van der Waals surface area contributed by atoms with E-state index < -0.39 is 11.5 Å². The van der Waals surface area contributed by atoms with E-state index in [4.69, 9.17) is 14.2 Å². The highest BCUT2D eigenvalue weighted by molar-refractivity contribution is 6.02. The summed E-state index contributed by atoms with van der Waals surface area (Å²) in [5, 5.41) is 4.76. The van der Waals surface area contributed by atoms with Crippen molar-refractivity contribution in [3.8, 4) is 5.88 Å². The van der Waals surface area contributed by atoms with Gasteiger partial charge in [-0.25, -0.2) is 14.5 Å². The number of halogens is 1. The molecule has 0 N–H and O–H groups in total. The number of methoxy groups -OCH3 is 1. The summed E-state index contributed by atoms with van der Waals surface area (Å²) in [5.74, 6) is 0.00849. The zero-order valence-corrected chi connectivity index (χ0v) is 27.3. The van der Waals surface area contributed by atoms with Gasteiger partial charge in [-0.1, -0.05) is 36.8 Å². The van der Waals surface area contributed by atoms with Gasteiger partial charge < -0.3 is 14.2 Å². The highest BCUT2D eigenvalue weighted by Gasteiger charge is 2.29. The first-order chi connectivity index (χ1) is 22.1. The van der Waals surface area contributed by atoms with Crippen LogP contribution in [-0.2, 0) is 14.3 Å². The van der Waals surface area contributed by atoms with E-state index in [1.807, 2.05) is 57.3 Å². The van der Waals surface area contributed by atoms with Gasteiger partial charge in [0.1, 0.15) is 5.60 Å². The number of aromatic nitrogens is 3. The Morgan fingerprint density at radius 3 is 2.41 bits per heavy atom. The van der Waals surface area contributed by atoms with Crippen LogP contribution < -0.4 is 4.74 Å². The van der Waals surface area contributed by atoms with E-state index in [1.165, 1.54) is 11.6 Å². The summed E-state index contributed by atoms with van der Waals surface area (Å²) in [5.41, 5.74) is 7.29. The SMILES string of the molecule is COc1cc(C)c(C(=C(c2ccc(C=CC(=O)OC(C)(C)C)cc2)c2ccc3c(c2)c(F)nn3C2CCCCO2)C2CCC2)cn1. The van der Waals surface area contributed by atoms with Crippen LogP contribution in [0.1, 0.15) is 93.3 Å². The number of pyridine rings is 1. The van der Waals surface area contributed by atoms with Gasteiger partial charge in [-0.15, -0.1) is 5.10 Å². The molecule has 1 saturated heterocycles. The summed E-state index contributed by atoms with van der Waals surface area (Å²) >= 11 is 0. The molecule has 1 aliphatic carbocycles. The number of fused-ring (bicyclic) bond motifs is 1. The number of allylic oxidation sites excluding steroid dienone is 1. The Hall–Kier alpha value is -4.30. The standard InChI is InChI=1S/C38H42FN3O4/c1-24-21-32(44-5)40-23-30(24)36(26-9-8-10-26)35(27-15-12-25(13-16-27)14-19-34(43)46-38(2,3)4)28-17-18-31-29(22-28)37(39)41-42(31)33-11-6-7-20-45-33/h12-19,21-23,26,33H,6-11,20H2,1-5H3. The topological polar surface area (TPSA) is 75.5 Å². The predicted molar refractivity (Wildman–Crippen MR) is 179 cm³/mol. The van der Waals surface area contributed by atoms with Crippen LogP contribution in [0.2, 0.25) is 0 Å². The summed E-state index contributed by atoms with van der Waals surface area (Å²) in [6, 6.07) is 16.0. The third kappa shape index (κ3) is 6.77. The summed E-state index contributed by atoms with van der Waals surface area (Å²) in [6.07, 6.45) is 11.0. The minimum Gasteiger partial charge on any atom is -0.481 e. The van der Waals surface area contributed by atoms with Crippen LogP contribution in [0.25, 0.3) is 28.1 Å². The first kappa shape index (κ1) is 31.7. The molecule has 2 fully saturated rings. The maximum atomic E-state index is 15.5. The number of carbonyl (C=O) groups excluding carboxylic acids is 1. The van der Waals surface area contributed by atoms with Crippen molar-refractivity contribution in [2.75, 3.05) is 13.7 Å². The number of hydrogen-bond acceptors (Lipinski definition) is 6. The molecule has 1 saturated carbocycles. The maximum Gasteiger partial charge on any atom is 0.331 e. The van der Waals surface area contributed by atoms with Gasteiger partial charge in [-0.3, -0.25) is 0 Å². The largest absolute Gasteiger partial charge is 0.481 e. The van der Waals surface area contributed by atoms with Gasteiger partial charge in [0.25, 0.3) is 0 Å². The van der Waals surface area contributed by atoms with E-state index in [0.717, 1.165) is 77.4 Å². The zero-order valence-electron chi connectivity index (χ0n) is 27.3. The Labute approximate surface area is 270 Å². The van der Waals surface area contributed by atoms with Gasteiger partial charge >= 0.3 is 5.97 Å². The molecule has 1 unspecified atom stereocenters. The monoisotopic (exact) mass is 623 g/mol. The molecule has 240 valence electrons. The Balaban J connectivity index is 1.48. The van der Waals surface area contributed by atoms with Crippen LogP contribution >= 0.6 is 0 Å². The number of benzene rings is 2. The fraction of sp³-hybridized carbons (Fsp3) is 0.395. The molecule has 6 rings (SSSR count). The van der Waals surface area contributed by atoms with Crippen molar-refractivity contribution in [3.05, 3.63) is 94.6 Å². The molecule has 2 aromatic heterocycles. The van der Waals surface area contributed by atoms with Gasteiger partial charge in [-0.05, 0) is 117 Å². The first-order valence-corrected chi connectivity index (χ1v) is 16.2. The second-order valence-corrected chi connectivity index (χ2v) is 13.2. The fourth-order valence-electron chi connectivity index (χ4n) is 6.31. The van der Waals surface area contributed by atoms with Crippen molar-refractivity contribution in [2.45, 2.75) is 78.0 Å². The van der Waals surface area contributed by atoms with Crippen molar-refractivity contribution in [1.82, 2.24) is 14.8 Å². The first-order valence-electron chi connectivity index (χ1n) is 16.2. The van der Waals surface area contributed by atoms with Crippen molar-refractivity contribution in [3.63, 3.8) is 0 Å². The van der Waals surface area contributed by atoms with E-state index in [0.29, 0.717) is 23.8 Å². The lowest BCUT2D eigenvalue weighted by atomic mass is 9.72. The number of hydrogen-bond donors (Lipinski definition) is 0. The van der Waals surface area contributed by atoms with Gasteiger partial charge in [0, 0.05) is 30.5 Å². The van der Waals surface area contributed by atoms with E-state index in [9.17, 15) is 4.79 Å². The number of rotatable bonds is 8. The zero-order chi connectivity index (χ0) is 32.4. The Morgan fingerprint density at radius 2 is 1.78 bits per heavy atom. The molecule has 2 aliphatic rings. The third-order valence-corrected chi connectivity index (χ3v) is 8.76. The van der Waals surface area contributed by atoms with Crippen LogP contribution in [-0.4, -0.2) is 40.1 Å². The molecule has 2 aromatic carbocycles. The van der Waals surface area contributed by atoms with Gasteiger partial charge in [0.2, 0.25) is 11.8 Å². The fourth-order valence-corrected chi connectivity index (χ4v) is 6.31. The minimum absolute atomic E-state index is 0.263. The lowest BCUT2D eigenvalue weighted by Crippen LogP contribution is -2.22. The molecule has 0 bridgehead atoms. The molecule has 0 radical (unpaired) electrons. The summed E-state index contributed by atoms with van der Waals surface area (Å²) in [4.78, 5) is 16.9. The predicted octanol–water partition coefficient (Wildman–Crippen LogP) is 8.70. The van der Waals surface area contributed by atoms with Crippen molar-refractivity contribution >= 4 is 34.1 Å². The summed E-state index contributed by atoms with van der Waals surface area (Å²) in [7, 11) is 1.62. The second-order valence-electron chi connectivity index (χ2n) is 13.2. The molecular formula is C38H42FN3O4. The van der Waals surface area contributed by atoms with Crippen LogP contribution in [0.5, 0.6) is 5.88 Å². The smallest absolute Gasteiger partial charge is 0.331 e. The highest BCUT2D eigenvalue weighted by atomic mass is 19.1. The number of nitrogens with zero attached hydrogens (tertiary/aromatic N) is 3. The molecule has 8 heteroatoms. The van der Waals surface area contributed by atoms with E-state index in [2.05, 4.69) is 35.2 Å². The average Bonchev–Trinajstić information content (AvgIpc) is 3.34. The van der Waals surface area contributed by atoms with Crippen molar-refractivity contribution in [1.29, 1.82) is 0 Å². The molecule has 4 aromatic rings. The number of carbonyl (C=O) groups is 1. The van der Waals surface area contributed by atoms with Crippen LogP contribution in [0.3, 0.4) is 0 Å². The lowest BCUT2D eigenvalue weighted by molar-refractivity contribution is -0.148. The van der Waals surface area contributed by atoms with Crippen LogP contribution in [0.4, 0.5) is 4.39 Å². The Morgan fingerprint density at radius 1 is 1.02 bits per heavy atom. The molecular weight excluding hydrogens is 581 g/mol. The number of esters is 1. The molecule has 7 nitrogen and oxygen atoms in total. The molecule has 46 heavy (non-hydrogen) atoms. The van der Waals surface area contributed by atoms with Crippen molar-refractivity contribution < 1.29 is 23.4 Å². The lowest BCUT2D eigenvalue weighted by Gasteiger charge is -2.32. The molecule has 0 amide bonds. The average molecular weight is 624 g/mol. The summed E-state index contributed by atoms with van der Waals surface area (Å²) < 4.78 is 34.1. The van der Waals surface area contributed by atoms with E-state index in [1.54, 1.807) is 17.9 Å². The Bertz CT molecular complexity index is 1790.